The minimum absolute atomic E-state index is 0.00611. The molecule has 0 aliphatic carbocycles. The number of nitrogens with zero attached hydrogens (tertiary/aromatic N) is 2. The molecule has 0 bridgehead atoms. The fraction of sp³-hybridized carbons (Fsp3) is 0.846. The molecule has 1 fully saturated rings. The normalized spacial score (nSPS) is 23.4. The molecule has 19 heavy (non-hydrogen) atoms. The van der Waals surface area contributed by atoms with E-state index in [1.807, 2.05) is 13.8 Å². The molecule has 1 saturated heterocycles. The number of aliphatic hydroxyl groups is 2. The number of aliphatic hydroxyl groups excluding tert-OH is 2. The van der Waals surface area contributed by atoms with Gasteiger partial charge in [-0.3, -0.25) is 9.69 Å². The molecule has 110 valence electrons. The zero-order valence-electron chi connectivity index (χ0n) is 12.1. The summed E-state index contributed by atoms with van der Waals surface area (Å²) in [5.41, 5.74) is -0.730. The zero-order valence-corrected chi connectivity index (χ0v) is 12.1. The van der Waals surface area contributed by atoms with Crippen LogP contribution in [-0.4, -0.2) is 64.3 Å². The highest BCUT2D eigenvalue weighted by Gasteiger charge is 2.52. The molecular formula is C13H24N2O4. The largest absolute Gasteiger partial charge is 0.395 e. The Morgan fingerprint density at radius 3 is 2.11 bits per heavy atom. The van der Waals surface area contributed by atoms with Gasteiger partial charge in [0, 0.05) is 12.6 Å². The molecule has 0 aromatic heterocycles. The molecule has 1 atom stereocenters. The third-order valence-electron chi connectivity index (χ3n) is 3.64. The fourth-order valence-corrected chi connectivity index (χ4v) is 3.06. The number of β-amino-alcohol motifs (C(OH)–C–C–N with tert-alkyl or cyclic N) is 2. The van der Waals surface area contributed by atoms with Crippen molar-refractivity contribution in [2.24, 2.45) is 11.3 Å². The smallest absolute Gasteiger partial charge is 0.327 e. The zero-order chi connectivity index (χ0) is 14.8. The van der Waals surface area contributed by atoms with E-state index in [4.69, 9.17) is 10.2 Å². The number of imide groups is 1. The van der Waals surface area contributed by atoms with Crippen LogP contribution in [-0.2, 0) is 4.79 Å². The molecule has 2 N–H and O–H groups in total. The standard InChI is InChI=1S/C13H24N2O4/c1-9(2)10-13(3,4)11(18)15(6-8-17)12(19)14(10)5-7-16/h9-10,16-17H,5-8H2,1-4H3. The van der Waals surface area contributed by atoms with Crippen molar-refractivity contribution >= 4 is 11.9 Å². The third-order valence-corrected chi connectivity index (χ3v) is 3.64. The van der Waals surface area contributed by atoms with Crippen LogP contribution in [0.1, 0.15) is 27.7 Å². The van der Waals surface area contributed by atoms with Crippen molar-refractivity contribution in [3.63, 3.8) is 0 Å². The Labute approximate surface area is 114 Å². The summed E-state index contributed by atoms with van der Waals surface area (Å²) in [5, 5.41) is 18.1. The first-order chi connectivity index (χ1) is 8.78. The molecular weight excluding hydrogens is 248 g/mol. The maximum absolute atomic E-state index is 12.4. The number of hydrogen-bond donors (Lipinski definition) is 2. The van der Waals surface area contributed by atoms with Gasteiger partial charge in [0.2, 0.25) is 5.91 Å². The van der Waals surface area contributed by atoms with E-state index in [0.717, 1.165) is 4.90 Å². The molecule has 0 radical (unpaired) electrons. The molecule has 1 heterocycles. The molecule has 3 amide bonds. The minimum atomic E-state index is -0.730. The molecule has 0 spiro atoms. The van der Waals surface area contributed by atoms with Crippen LogP contribution in [0.3, 0.4) is 0 Å². The van der Waals surface area contributed by atoms with Crippen LogP contribution in [0.25, 0.3) is 0 Å². The molecule has 6 nitrogen and oxygen atoms in total. The van der Waals surface area contributed by atoms with Gasteiger partial charge in [0.15, 0.2) is 0 Å². The second-order valence-electron chi connectivity index (χ2n) is 5.79. The van der Waals surface area contributed by atoms with Crippen molar-refractivity contribution in [1.29, 1.82) is 0 Å². The highest BCUT2D eigenvalue weighted by molar-refractivity contribution is 6.00. The number of carbonyl (C=O) groups excluding carboxylic acids is 2. The quantitative estimate of drug-likeness (QED) is 0.753. The lowest BCUT2D eigenvalue weighted by Crippen LogP contribution is -2.67. The van der Waals surface area contributed by atoms with Crippen molar-refractivity contribution in [3.05, 3.63) is 0 Å². The molecule has 0 aromatic carbocycles. The Balaban J connectivity index is 3.18. The van der Waals surface area contributed by atoms with Crippen molar-refractivity contribution in [2.75, 3.05) is 26.3 Å². The Morgan fingerprint density at radius 1 is 1.16 bits per heavy atom. The average Bonchev–Trinajstić information content (AvgIpc) is 2.31. The predicted molar refractivity (Wildman–Crippen MR) is 70.4 cm³/mol. The summed E-state index contributed by atoms with van der Waals surface area (Å²) in [7, 11) is 0. The van der Waals surface area contributed by atoms with Crippen LogP contribution in [0.15, 0.2) is 0 Å². The van der Waals surface area contributed by atoms with E-state index < -0.39 is 11.4 Å². The van der Waals surface area contributed by atoms with Crippen molar-refractivity contribution in [3.8, 4) is 0 Å². The maximum atomic E-state index is 12.4. The number of urea groups is 1. The first-order valence-corrected chi connectivity index (χ1v) is 6.63. The lowest BCUT2D eigenvalue weighted by atomic mass is 9.75. The van der Waals surface area contributed by atoms with Crippen molar-refractivity contribution in [1.82, 2.24) is 9.80 Å². The van der Waals surface area contributed by atoms with Gasteiger partial charge in [0.05, 0.1) is 25.2 Å². The van der Waals surface area contributed by atoms with Crippen LogP contribution < -0.4 is 0 Å². The topological polar surface area (TPSA) is 81.1 Å². The fourth-order valence-electron chi connectivity index (χ4n) is 3.06. The lowest BCUT2D eigenvalue weighted by molar-refractivity contribution is -0.148. The van der Waals surface area contributed by atoms with Crippen molar-refractivity contribution < 1.29 is 19.8 Å². The van der Waals surface area contributed by atoms with Gasteiger partial charge < -0.3 is 15.1 Å². The SMILES string of the molecule is CC(C)C1N(CCO)C(=O)N(CCO)C(=O)C1(C)C. The van der Waals surface area contributed by atoms with Gasteiger partial charge >= 0.3 is 6.03 Å². The van der Waals surface area contributed by atoms with Gasteiger partial charge in [-0.15, -0.1) is 0 Å². The summed E-state index contributed by atoms with van der Waals surface area (Å²) in [6.45, 7) is 7.31. The van der Waals surface area contributed by atoms with Gasteiger partial charge in [0.25, 0.3) is 0 Å². The van der Waals surface area contributed by atoms with E-state index >= 15 is 0 Å². The van der Waals surface area contributed by atoms with E-state index in [1.54, 1.807) is 18.7 Å². The molecule has 1 aliphatic rings. The summed E-state index contributed by atoms with van der Waals surface area (Å²) in [6, 6.07) is -0.680. The van der Waals surface area contributed by atoms with Gasteiger partial charge in [0.1, 0.15) is 0 Å². The Bertz CT molecular complexity index is 355. The average molecular weight is 272 g/mol. The van der Waals surface area contributed by atoms with Crippen LogP contribution in [0.4, 0.5) is 4.79 Å². The maximum Gasteiger partial charge on any atom is 0.327 e. The minimum Gasteiger partial charge on any atom is -0.395 e. The van der Waals surface area contributed by atoms with Crippen LogP contribution in [0.2, 0.25) is 0 Å². The van der Waals surface area contributed by atoms with E-state index in [1.165, 1.54) is 0 Å². The highest BCUT2D eigenvalue weighted by atomic mass is 16.3. The van der Waals surface area contributed by atoms with E-state index in [2.05, 4.69) is 0 Å². The lowest BCUT2D eigenvalue weighted by Gasteiger charge is -2.50. The monoisotopic (exact) mass is 272 g/mol. The summed E-state index contributed by atoms with van der Waals surface area (Å²) in [4.78, 5) is 27.4. The summed E-state index contributed by atoms with van der Waals surface area (Å²) in [6.07, 6.45) is 0. The predicted octanol–water partition coefficient (Wildman–Crippen LogP) is 0.286. The second kappa shape index (κ2) is 5.88. The molecule has 6 heteroatoms. The van der Waals surface area contributed by atoms with Gasteiger partial charge in [-0.05, 0) is 19.8 Å². The van der Waals surface area contributed by atoms with Crippen molar-refractivity contribution in [2.45, 2.75) is 33.7 Å². The Hall–Kier alpha value is -1.14. The number of rotatable bonds is 5. The highest BCUT2D eigenvalue weighted by Crippen LogP contribution is 2.37. The molecule has 1 unspecified atom stereocenters. The van der Waals surface area contributed by atoms with Gasteiger partial charge in [-0.1, -0.05) is 13.8 Å². The van der Waals surface area contributed by atoms with Gasteiger partial charge in [-0.25, -0.2) is 4.79 Å². The van der Waals surface area contributed by atoms with E-state index in [-0.39, 0.29) is 44.2 Å². The molecule has 1 rings (SSSR count). The van der Waals surface area contributed by atoms with E-state index in [0.29, 0.717) is 0 Å². The molecule has 0 aromatic rings. The first kappa shape index (κ1) is 15.9. The first-order valence-electron chi connectivity index (χ1n) is 6.63. The molecule has 1 aliphatic heterocycles. The Kier molecular flexibility index (Phi) is 4.92. The van der Waals surface area contributed by atoms with Gasteiger partial charge in [-0.2, -0.15) is 0 Å². The van der Waals surface area contributed by atoms with Crippen LogP contribution in [0, 0.1) is 11.3 Å². The number of carbonyl (C=O) groups is 2. The molecule has 0 saturated carbocycles. The second-order valence-corrected chi connectivity index (χ2v) is 5.79. The van der Waals surface area contributed by atoms with E-state index in [9.17, 15) is 9.59 Å². The number of amides is 3. The Morgan fingerprint density at radius 2 is 1.68 bits per heavy atom. The third kappa shape index (κ3) is 2.74. The van der Waals surface area contributed by atoms with Crippen LogP contribution in [0.5, 0.6) is 0 Å². The number of hydrogen-bond acceptors (Lipinski definition) is 4. The van der Waals surface area contributed by atoms with Crippen LogP contribution >= 0.6 is 0 Å². The summed E-state index contributed by atoms with van der Waals surface area (Å²) >= 11 is 0. The summed E-state index contributed by atoms with van der Waals surface area (Å²) in [5.74, 6) is -0.162. The summed E-state index contributed by atoms with van der Waals surface area (Å²) < 4.78 is 0.